The van der Waals surface area contributed by atoms with E-state index in [4.69, 9.17) is 0 Å². The van der Waals surface area contributed by atoms with Crippen molar-refractivity contribution in [2.24, 2.45) is 5.92 Å². The Kier molecular flexibility index (Phi) is 2.18. The molecule has 1 rings (SSSR count). The number of esters is 1. The van der Waals surface area contributed by atoms with E-state index in [9.17, 15) is 4.79 Å². The van der Waals surface area contributed by atoms with Crippen molar-refractivity contribution in [1.29, 1.82) is 0 Å². The molecule has 0 aromatic heterocycles. The molecule has 1 fully saturated rings. The number of likely N-dealkylation sites (N-methyl/N-ethyl adjacent to an activating group) is 1. The van der Waals surface area contributed by atoms with Crippen molar-refractivity contribution in [3.8, 4) is 0 Å². The molecule has 11 heavy (non-hydrogen) atoms. The first-order valence-electron chi connectivity index (χ1n) is 3.89. The van der Waals surface area contributed by atoms with E-state index in [0.29, 0.717) is 12.0 Å². The Hall–Kier alpha value is -0.570. The maximum Gasteiger partial charge on any atom is 0.324 e. The lowest BCUT2D eigenvalue weighted by Gasteiger charge is -1.98. The molecule has 3 nitrogen and oxygen atoms in total. The number of hydrogen-bond donors (Lipinski definition) is 0. The van der Waals surface area contributed by atoms with Crippen LogP contribution in [0.4, 0.5) is 0 Å². The Labute approximate surface area is 67.3 Å². The Morgan fingerprint density at radius 2 is 2.09 bits per heavy atom. The minimum absolute atomic E-state index is 0.0139. The Morgan fingerprint density at radius 1 is 1.55 bits per heavy atom. The number of rotatable bonds is 2. The fourth-order valence-corrected chi connectivity index (χ4v) is 1.62. The summed E-state index contributed by atoms with van der Waals surface area (Å²) in [7, 11) is 3.39. The summed E-state index contributed by atoms with van der Waals surface area (Å²) in [6.07, 6.45) is 0. The highest BCUT2D eigenvalue weighted by Gasteiger charge is 2.51. The summed E-state index contributed by atoms with van der Waals surface area (Å²) >= 11 is 0. The van der Waals surface area contributed by atoms with E-state index in [1.54, 1.807) is 0 Å². The van der Waals surface area contributed by atoms with E-state index >= 15 is 0 Å². The van der Waals surface area contributed by atoms with Crippen molar-refractivity contribution in [3.63, 3.8) is 0 Å². The fourth-order valence-electron chi connectivity index (χ4n) is 1.62. The molecule has 0 N–H and O–H groups in total. The molecule has 1 saturated heterocycles. The SMILES string of the molecule is COC(=O)C1C(C(C)C)N1C. The zero-order valence-corrected chi connectivity index (χ0v) is 7.50. The second-order valence-electron chi connectivity index (χ2n) is 3.37. The number of hydrogen-bond acceptors (Lipinski definition) is 3. The standard InChI is InChI=1S/C8H15NO2/c1-5(2)6-7(9(6)3)8(10)11-4/h5-7H,1-4H3. The molecule has 3 atom stereocenters. The second kappa shape index (κ2) is 2.81. The predicted octanol–water partition coefficient (Wildman–Crippen LogP) is 0.498. The lowest BCUT2D eigenvalue weighted by molar-refractivity contribution is -0.140. The fraction of sp³-hybridized carbons (Fsp3) is 0.875. The molecule has 0 aromatic carbocycles. The van der Waals surface area contributed by atoms with Crippen LogP contribution in [0.3, 0.4) is 0 Å². The van der Waals surface area contributed by atoms with E-state index in [2.05, 4.69) is 18.6 Å². The Bertz CT molecular complexity index is 167. The Morgan fingerprint density at radius 3 is 2.36 bits per heavy atom. The predicted molar refractivity (Wildman–Crippen MR) is 42.2 cm³/mol. The van der Waals surface area contributed by atoms with Crippen LogP contribution in [-0.2, 0) is 9.53 Å². The summed E-state index contributed by atoms with van der Waals surface area (Å²) in [5, 5.41) is 0. The van der Waals surface area contributed by atoms with Gasteiger partial charge in [-0.15, -0.1) is 0 Å². The van der Waals surface area contributed by atoms with Crippen LogP contribution in [0.25, 0.3) is 0 Å². The molecule has 1 aliphatic heterocycles. The van der Waals surface area contributed by atoms with Gasteiger partial charge in [0.05, 0.1) is 7.11 Å². The molecule has 0 radical (unpaired) electrons. The smallest absolute Gasteiger partial charge is 0.324 e. The quantitative estimate of drug-likeness (QED) is 0.432. The number of methoxy groups -OCH3 is 1. The van der Waals surface area contributed by atoms with Gasteiger partial charge in [0, 0.05) is 6.04 Å². The lowest BCUT2D eigenvalue weighted by Crippen LogP contribution is -2.14. The molecule has 1 heterocycles. The van der Waals surface area contributed by atoms with E-state index in [0.717, 1.165) is 0 Å². The maximum atomic E-state index is 11.0. The molecule has 3 unspecified atom stereocenters. The topological polar surface area (TPSA) is 29.3 Å². The third-order valence-corrected chi connectivity index (χ3v) is 2.27. The van der Waals surface area contributed by atoms with Crippen molar-refractivity contribution < 1.29 is 9.53 Å². The first-order valence-corrected chi connectivity index (χ1v) is 3.89. The highest BCUT2D eigenvalue weighted by molar-refractivity contribution is 5.80. The first-order chi connectivity index (χ1) is 5.09. The minimum Gasteiger partial charge on any atom is -0.468 e. The van der Waals surface area contributed by atoms with Gasteiger partial charge in [-0.3, -0.25) is 9.69 Å². The molecule has 3 heteroatoms. The molecular weight excluding hydrogens is 142 g/mol. The van der Waals surface area contributed by atoms with E-state index in [-0.39, 0.29) is 12.0 Å². The number of carbonyl (C=O) groups excluding carboxylic acids is 1. The van der Waals surface area contributed by atoms with Crippen LogP contribution < -0.4 is 0 Å². The average Bonchev–Trinajstić information content (AvgIpc) is 2.60. The molecular formula is C8H15NO2. The van der Waals surface area contributed by atoms with Crippen LogP contribution in [0.2, 0.25) is 0 Å². The summed E-state index contributed by atoms with van der Waals surface area (Å²) in [5.41, 5.74) is 0. The molecule has 0 aliphatic carbocycles. The van der Waals surface area contributed by atoms with Crippen molar-refractivity contribution >= 4 is 5.97 Å². The summed E-state index contributed by atoms with van der Waals surface area (Å²) in [6, 6.07) is 0.405. The maximum absolute atomic E-state index is 11.0. The van der Waals surface area contributed by atoms with Gasteiger partial charge in [-0.2, -0.15) is 0 Å². The van der Waals surface area contributed by atoms with Gasteiger partial charge in [-0.25, -0.2) is 0 Å². The van der Waals surface area contributed by atoms with Gasteiger partial charge in [0.25, 0.3) is 0 Å². The van der Waals surface area contributed by atoms with Crippen LogP contribution in [0.1, 0.15) is 13.8 Å². The Balaban J connectivity index is 2.47. The van der Waals surface area contributed by atoms with Crippen LogP contribution in [0.15, 0.2) is 0 Å². The molecule has 64 valence electrons. The van der Waals surface area contributed by atoms with Gasteiger partial charge < -0.3 is 4.74 Å². The highest BCUT2D eigenvalue weighted by Crippen LogP contribution is 2.32. The molecule has 0 saturated carbocycles. The van der Waals surface area contributed by atoms with Crippen molar-refractivity contribution in [3.05, 3.63) is 0 Å². The molecule has 0 spiro atoms. The normalized spacial score (nSPS) is 35.5. The lowest BCUT2D eigenvalue weighted by atomic mass is 10.1. The monoisotopic (exact) mass is 157 g/mol. The summed E-state index contributed by atoms with van der Waals surface area (Å²) < 4.78 is 4.64. The van der Waals surface area contributed by atoms with Crippen molar-refractivity contribution in [1.82, 2.24) is 4.90 Å². The van der Waals surface area contributed by atoms with Gasteiger partial charge >= 0.3 is 5.97 Å². The number of nitrogens with zero attached hydrogens (tertiary/aromatic N) is 1. The van der Waals surface area contributed by atoms with Gasteiger partial charge in [0.1, 0.15) is 6.04 Å². The summed E-state index contributed by atoms with van der Waals surface area (Å²) in [4.78, 5) is 13.1. The van der Waals surface area contributed by atoms with Gasteiger partial charge in [0.2, 0.25) is 0 Å². The third kappa shape index (κ3) is 1.38. The van der Waals surface area contributed by atoms with Crippen LogP contribution in [0.5, 0.6) is 0 Å². The molecule has 1 aliphatic rings. The largest absolute Gasteiger partial charge is 0.468 e. The molecule has 0 amide bonds. The van der Waals surface area contributed by atoms with E-state index in [1.807, 2.05) is 11.9 Å². The van der Waals surface area contributed by atoms with Crippen molar-refractivity contribution in [2.45, 2.75) is 25.9 Å². The summed E-state index contributed by atoms with van der Waals surface area (Å²) in [5.74, 6) is 0.426. The molecule has 0 bridgehead atoms. The second-order valence-corrected chi connectivity index (χ2v) is 3.37. The van der Waals surface area contributed by atoms with E-state index < -0.39 is 0 Å². The third-order valence-electron chi connectivity index (χ3n) is 2.27. The van der Waals surface area contributed by atoms with E-state index in [1.165, 1.54) is 7.11 Å². The first kappa shape index (κ1) is 8.53. The summed E-state index contributed by atoms with van der Waals surface area (Å²) in [6.45, 7) is 4.23. The average molecular weight is 157 g/mol. The van der Waals surface area contributed by atoms with Crippen LogP contribution >= 0.6 is 0 Å². The number of ether oxygens (including phenoxy) is 1. The van der Waals surface area contributed by atoms with Gasteiger partial charge in [0.15, 0.2) is 0 Å². The zero-order valence-electron chi connectivity index (χ0n) is 7.50. The highest BCUT2D eigenvalue weighted by atomic mass is 16.5. The van der Waals surface area contributed by atoms with Crippen LogP contribution in [-0.4, -0.2) is 37.1 Å². The minimum atomic E-state index is -0.105. The van der Waals surface area contributed by atoms with Gasteiger partial charge in [-0.1, -0.05) is 13.8 Å². The zero-order chi connectivity index (χ0) is 8.59. The number of carbonyl (C=O) groups is 1. The van der Waals surface area contributed by atoms with Crippen LogP contribution in [0, 0.1) is 5.92 Å². The molecule has 0 aromatic rings. The van der Waals surface area contributed by atoms with Gasteiger partial charge in [-0.05, 0) is 13.0 Å². The van der Waals surface area contributed by atoms with Crippen molar-refractivity contribution in [2.75, 3.05) is 14.2 Å².